The van der Waals surface area contributed by atoms with Crippen LogP contribution in [0.2, 0.25) is 0 Å². The summed E-state index contributed by atoms with van der Waals surface area (Å²) in [7, 11) is 1.57. The minimum Gasteiger partial charge on any atom is -0.504 e. The van der Waals surface area contributed by atoms with E-state index >= 15 is 0 Å². The first-order valence-electron chi connectivity index (χ1n) is 9.85. The van der Waals surface area contributed by atoms with Crippen molar-refractivity contribution in [3.05, 3.63) is 47.0 Å². The zero-order valence-corrected chi connectivity index (χ0v) is 18.4. The third-order valence-electron chi connectivity index (χ3n) is 5.74. The molecule has 8 heteroatoms. The summed E-state index contributed by atoms with van der Waals surface area (Å²) in [5, 5.41) is 13.4. The molecule has 6 nitrogen and oxygen atoms in total. The van der Waals surface area contributed by atoms with Gasteiger partial charge >= 0.3 is 6.09 Å². The Morgan fingerprint density at radius 1 is 1.30 bits per heavy atom. The lowest BCUT2D eigenvalue weighted by Crippen LogP contribution is -2.41. The van der Waals surface area contributed by atoms with Gasteiger partial charge < -0.3 is 19.9 Å². The third kappa shape index (κ3) is 4.17. The normalized spacial score (nSPS) is 16.7. The lowest BCUT2D eigenvalue weighted by atomic mass is 9.76. The smallest absolute Gasteiger partial charge is 0.407 e. The van der Waals surface area contributed by atoms with E-state index in [0.717, 1.165) is 36.1 Å². The summed E-state index contributed by atoms with van der Waals surface area (Å²) >= 11 is 5.58. The van der Waals surface area contributed by atoms with Gasteiger partial charge in [-0.2, -0.15) is 0 Å². The van der Waals surface area contributed by atoms with Crippen LogP contribution in [0, 0.1) is 0 Å². The first-order chi connectivity index (χ1) is 14.1. The van der Waals surface area contributed by atoms with Crippen LogP contribution in [0.4, 0.5) is 4.79 Å². The molecule has 0 fully saturated rings. The topological polar surface area (TPSA) is 71.0 Å². The number of aromatic hydroxyl groups is 1. The summed E-state index contributed by atoms with van der Waals surface area (Å²) < 4.78 is 10.6. The Labute approximate surface area is 187 Å². The first-order valence-corrected chi connectivity index (χ1v) is 10.4. The highest BCUT2D eigenvalue weighted by Gasteiger charge is 2.35. The van der Waals surface area contributed by atoms with Crippen molar-refractivity contribution < 1.29 is 19.4 Å². The second-order valence-corrected chi connectivity index (χ2v) is 7.66. The van der Waals surface area contributed by atoms with Crippen LogP contribution in [0.5, 0.6) is 11.5 Å². The van der Waals surface area contributed by atoms with Crippen molar-refractivity contribution in [2.24, 2.45) is 0 Å². The van der Waals surface area contributed by atoms with Crippen molar-refractivity contribution in [3.8, 4) is 22.6 Å². The lowest BCUT2D eigenvalue weighted by Gasteiger charge is -2.41. The number of alkyl carbamates (subject to hydrolysis) is 1. The van der Waals surface area contributed by atoms with Gasteiger partial charge in [0.15, 0.2) is 11.5 Å². The van der Waals surface area contributed by atoms with Crippen molar-refractivity contribution in [1.82, 2.24) is 10.2 Å². The molecule has 2 N–H and O–H groups in total. The Morgan fingerprint density at radius 3 is 2.90 bits per heavy atom. The molecule has 0 radical (unpaired) electrons. The van der Waals surface area contributed by atoms with E-state index < -0.39 is 6.09 Å². The molecule has 0 saturated heterocycles. The lowest BCUT2D eigenvalue weighted by molar-refractivity contribution is 0.107. The molecule has 1 atom stereocenters. The molecule has 30 heavy (non-hydrogen) atoms. The molecule has 1 aliphatic carbocycles. The van der Waals surface area contributed by atoms with Gasteiger partial charge in [-0.1, -0.05) is 24.3 Å². The van der Waals surface area contributed by atoms with Crippen LogP contribution in [0.3, 0.4) is 0 Å². The number of hydrogen-bond donors (Lipinski definition) is 2. The summed E-state index contributed by atoms with van der Waals surface area (Å²) in [6, 6.07) is 10.3. The number of ether oxygens (including phenoxy) is 2. The van der Waals surface area contributed by atoms with Gasteiger partial charge in [0.05, 0.1) is 7.11 Å². The number of phenols is 1. The van der Waals surface area contributed by atoms with E-state index in [2.05, 4.69) is 28.4 Å². The summed E-state index contributed by atoms with van der Waals surface area (Å²) in [6.07, 6.45) is 1.29. The Bertz CT molecular complexity index is 922. The Balaban J connectivity index is 0.00000256. The SMILES string of the molecule is COc1ccc2c(c1O)-c1cccc3c1[C@@H](C2)N(CCOC(=O)NCCCl)CC3.Cl. The minimum atomic E-state index is -0.435. The number of benzene rings is 2. The van der Waals surface area contributed by atoms with Gasteiger partial charge in [0.2, 0.25) is 0 Å². The molecule has 1 heterocycles. The fourth-order valence-corrected chi connectivity index (χ4v) is 4.55. The van der Waals surface area contributed by atoms with Gasteiger partial charge in [0, 0.05) is 37.1 Å². The molecule has 162 valence electrons. The van der Waals surface area contributed by atoms with E-state index in [9.17, 15) is 9.90 Å². The molecule has 2 aromatic carbocycles. The van der Waals surface area contributed by atoms with Crippen molar-refractivity contribution >= 4 is 30.1 Å². The largest absolute Gasteiger partial charge is 0.504 e. The van der Waals surface area contributed by atoms with E-state index in [-0.39, 0.29) is 24.2 Å². The van der Waals surface area contributed by atoms with Crippen LogP contribution in [0.1, 0.15) is 22.7 Å². The number of carbonyl (C=O) groups is 1. The molecule has 0 spiro atoms. The van der Waals surface area contributed by atoms with Gasteiger partial charge in [-0.25, -0.2) is 4.79 Å². The second kappa shape index (κ2) is 9.77. The van der Waals surface area contributed by atoms with E-state index in [4.69, 9.17) is 21.1 Å². The quantitative estimate of drug-likeness (QED) is 0.650. The summed E-state index contributed by atoms with van der Waals surface area (Å²) in [4.78, 5) is 14.0. The van der Waals surface area contributed by atoms with Crippen molar-refractivity contribution in [3.63, 3.8) is 0 Å². The average Bonchev–Trinajstić information content (AvgIpc) is 2.74. The summed E-state index contributed by atoms with van der Waals surface area (Å²) in [5.41, 5.74) is 5.62. The highest BCUT2D eigenvalue weighted by molar-refractivity contribution is 6.18. The van der Waals surface area contributed by atoms with Crippen molar-refractivity contribution in [2.75, 3.05) is 39.2 Å². The highest BCUT2D eigenvalue weighted by atomic mass is 35.5. The molecule has 0 saturated carbocycles. The van der Waals surface area contributed by atoms with Gasteiger partial charge in [0.25, 0.3) is 0 Å². The maximum Gasteiger partial charge on any atom is 0.407 e. The van der Waals surface area contributed by atoms with Crippen LogP contribution < -0.4 is 10.1 Å². The van der Waals surface area contributed by atoms with Gasteiger partial charge in [0.1, 0.15) is 6.61 Å². The maximum atomic E-state index is 11.7. The first kappa shape index (κ1) is 22.5. The van der Waals surface area contributed by atoms with Crippen LogP contribution >= 0.6 is 24.0 Å². The molecule has 1 amide bonds. The number of nitrogens with zero attached hydrogens (tertiary/aromatic N) is 1. The molecule has 1 aliphatic heterocycles. The molecule has 2 aromatic rings. The fourth-order valence-electron chi connectivity index (χ4n) is 4.46. The van der Waals surface area contributed by atoms with Crippen LogP contribution in [0.15, 0.2) is 30.3 Å². The van der Waals surface area contributed by atoms with Crippen LogP contribution in [0.25, 0.3) is 11.1 Å². The maximum absolute atomic E-state index is 11.7. The number of hydrogen-bond acceptors (Lipinski definition) is 5. The number of phenolic OH excluding ortho intramolecular Hbond substituents is 1. The predicted octanol–water partition coefficient (Wildman–Crippen LogP) is 3.91. The number of amides is 1. The standard InChI is InChI=1S/C22H25ClN2O4.ClH/c1-28-18-6-5-15-13-17-19-14(3-2-4-16(19)20(15)21(18)26)7-10-25(17)11-12-29-22(27)24-9-8-23;/h2-6,17,26H,7-13H2,1H3,(H,24,27);1H/t17-;/m1./s1. The number of halogens is 2. The third-order valence-corrected chi connectivity index (χ3v) is 5.93. The molecule has 0 aromatic heterocycles. The zero-order chi connectivity index (χ0) is 20.4. The van der Waals surface area contributed by atoms with Crippen molar-refractivity contribution in [1.29, 1.82) is 0 Å². The Morgan fingerprint density at radius 2 is 2.13 bits per heavy atom. The summed E-state index contributed by atoms with van der Waals surface area (Å²) in [5.74, 6) is 1.05. The van der Waals surface area contributed by atoms with E-state index in [1.807, 2.05) is 12.1 Å². The number of alkyl halides is 1. The monoisotopic (exact) mass is 452 g/mol. The minimum absolute atomic E-state index is 0. The predicted molar refractivity (Wildman–Crippen MR) is 119 cm³/mol. The number of rotatable bonds is 6. The molecular formula is C22H26Cl2N2O4. The van der Waals surface area contributed by atoms with E-state index in [1.165, 1.54) is 11.1 Å². The molecule has 4 rings (SSSR count). The Hall–Kier alpha value is -2.15. The van der Waals surface area contributed by atoms with E-state index in [1.54, 1.807) is 7.11 Å². The van der Waals surface area contributed by atoms with E-state index in [0.29, 0.717) is 31.3 Å². The van der Waals surface area contributed by atoms with Crippen molar-refractivity contribution in [2.45, 2.75) is 18.9 Å². The van der Waals surface area contributed by atoms with Crippen LogP contribution in [-0.2, 0) is 17.6 Å². The Kier molecular flexibility index (Phi) is 7.34. The number of carbonyl (C=O) groups excluding carboxylic acids is 1. The second-order valence-electron chi connectivity index (χ2n) is 7.29. The van der Waals surface area contributed by atoms with Gasteiger partial charge in [-0.15, -0.1) is 24.0 Å². The highest BCUT2D eigenvalue weighted by Crippen LogP contribution is 2.50. The number of nitrogens with one attached hydrogen (secondary N) is 1. The average molecular weight is 453 g/mol. The van der Waals surface area contributed by atoms with Gasteiger partial charge in [-0.05, 0) is 41.2 Å². The number of fused-ring (bicyclic) bond motifs is 2. The fraction of sp³-hybridized carbons (Fsp3) is 0.409. The number of methoxy groups -OCH3 is 1. The zero-order valence-electron chi connectivity index (χ0n) is 16.8. The summed E-state index contributed by atoms with van der Waals surface area (Å²) in [6.45, 7) is 2.28. The van der Waals surface area contributed by atoms with Crippen LogP contribution in [-0.4, -0.2) is 55.3 Å². The molecule has 0 unspecified atom stereocenters. The molecular weight excluding hydrogens is 427 g/mol. The van der Waals surface area contributed by atoms with Gasteiger partial charge in [-0.3, -0.25) is 4.90 Å². The molecule has 2 aliphatic rings. The molecule has 0 bridgehead atoms.